The number of carboxylic acids is 1. The van der Waals surface area contributed by atoms with Gasteiger partial charge in [-0.1, -0.05) is 36.4 Å². The van der Waals surface area contributed by atoms with Gasteiger partial charge in [0, 0.05) is 16.1 Å². The highest BCUT2D eigenvalue weighted by atomic mass is 35.5. The van der Waals surface area contributed by atoms with Crippen molar-refractivity contribution in [3.05, 3.63) is 52.9 Å². The number of halogens is 2. The van der Waals surface area contributed by atoms with Crippen LogP contribution in [-0.2, 0) is 0 Å². The van der Waals surface area contributed by atoms with E-state index in [4.69, 9.17) is 22.4 Å². The van der Waals surface area contributed by atoms with E-state index in [-0.39, 0.29) is 22.6 Å². The van der Waals surface area contributed by atoms with E-state index in [1.165, 1.54) is 18.2 Å². The summed E-state index contributed by atoms with van der Waals surface area (Å²) >= 11 is 5.75. The van der Waals surface area contributed by atoms with Crippen molar-refractivity contribution in [3.63, 3.8) is 0 Å². The van der Waals surface area contributed by atoms with Crippen LogP contribution >= 0.6 is 11.6 Å². The van der Waals surface area contributed by atoms with Gasteiger partial charge in [0.1, 0.15) is 5.69 Å². The molecule has 0 bridgehead atoms. The molecular weight excluding hydrogens is 283 g/mol. The minimum atomic E-state index is -1.30. The molecule has 2 aromatic rings. The SMILES string of the molecule is C=Cc1c(C(=O)O)nc(-c2ccc(Cl)cc2)c(F)c1N. The number of pyridine rings is 1. The molecular formula is C14H10ClFN2O2. The molecule has 6 heteroatoms. The highest BCUT2D eigenvalue weighted by Crippen LogP contribution is 2.30. The number of nitrogens with zero attached hydrogens (tertiary/aromatic N) is 1. The number of hydrogen-bond donors (Lipinski definition) is 2. The van der Waals surface area contributed by atoms with E-state index >= 15 is 0 Å². The Bertz CT molecular complexity index is 699. The van der Waals surface area contributed by atoms with Crippen molar-refractivity contribution >= 4 is 29.3 Å². The van der Waals surface area contributed by atoms with Gasteiger partial charge in [0.15, 0.2) is 11.5 Å². The third-order valence-electron chi connectivity index (χ3n) is 2.74. The summed E-state index contributed by atoms with van der Waals surface area (Å²) in [5.41, 5.74) is 5.20. The molecule has 0 atom stereocenters. The molecule has 0 saturated carbocycles. The molecule has 4 nitrogen and oxygen atoms in total. The summed E-state index contributed by atoms with van der Waals surface area (Å²) in [6.07, 6.45) is 1.17. The second-order valence-electron chi connectivity index (χ2n) is 3.97. The number of aromatic carboxylic acids is 1. The molecule has 0 aliphatic heterocycles. The molecule has 0 aliphatic carbocycles. The van der Waals surface area contributed by atoms with Crippen LogP contribution in [0.1, 0.15) is 16.1 Å². The van der Waals surface area contributed by atoms with E-state index in [1.807, 2.05) is 0 Å². The minimum Gasteiger partial charge on any atom is -0.476 e. The minimum absolute atomic E-state index is 0.0345. The van der Waals surface area contributed by atoms with Crippen molar-refractivity contribution in [1.29, 1.82) is 0 Å². The Morgan fingerprint density at radius 3 is 2.50 bits per heavy atom. The summed E-state index contributed by atoms with van der Waals surface area (Å²) < 4.78 is 14.2. The number of nitrogen functional groups attached to an aromatic ring is 1. The van der Waals surface area contributed by atoms with Gasteiger partial charge in [-0.15, -0.1) is 0 Å². The predicted octanol–water partition coefficient (Wildman–Crippen LogP) is 3.46. The van der Waals surface area contributed by atoms with Crippen molar-refractivity contribution in [2.75, 3.05) is 5.73 Å². The maximum Gasteiger partial charge on any atom is 0.355 e. The monoisotopic (exact) mass is 292 g/mol. The largest absolute Gasteiger partial charge is 0.476 e. The van der Waals surface area contributed by atoms with Gasteiger partial charge in [-0.2, -0.15) is 0 Å². The number of hydrogen-bond acceptors (Lipinski definition) is 3. The Labute approximate surface area is 119 Å². The second kappa shape index (κ2) is 5.30. The number of anilines is 1. The van der Waals surface area contributed by atoms with Gasteiger partial charge in [-0.3, -0.25) is 0 Å². The van der Waals surface area contributed by atoms with Gasteiger partial charge >= 0.3 is 5.97 Å². The number of nitrogens with two attached hydrogens (primary N) is 1. The summed E-state index contributed by atoms with van der Waals surface area (Å²) in [6.45, 7) is 3.42. The Balaban J connectivity index is 2.74. The molecule has 0 aliphatic rings. The number of carbonyl (C=O) groups is 1. The smallest absolute Gasteiger partial charge is 0.355 e. The van der Waals surface area contributed by atoms with Crippen LogP contribution in [0.3, 0.4) is 0 Å². The number of benzene rings is 1. The van der Waals surface area contributed by atoms with Gasteiger partial charge in [-0.05, 0) is 12.1 Å². The fraction of sp³-hybridized carbons (Fsp3) is 0. The fourth-order valence-corrected chi connectivity index (χ4v) is 1.89. The van der Waals surface area contributed by atoms with E-state index in [1.54, 1.807) is 12.1 Å². The van der Waals surface area contributed by atoms with Crippen molar-refractivity contribution in [2.45, 2.75) is 0 Å². The Morgan fingerprint density at radius 2 is 2.00 bits per heavy atom. The van der Waals surface area contributed by atoms with Gasteiger partial charge in [-0.25, -0.2) is 14.2 Å². The molecule has 0 unspecified atom stereocenters. The van der Waals surface area contributed by atoms with Gasteiger partial charge in [0.25, 0.3) is 0 Å². The normalized spacial score (nSPS) is 10.3. The molecule has 3 N–H and O–H groups in total. The van der Waals surface area contributed by atoms with Gasteiger partial charge in [0.05, 0.1) is 5.69 Å². The molecule has 1 aromatic heterocycles. The summed E-state index contributed by atoms with van der Waals surface area (Å²) in [5.74, 6) is -2.09. The van der Waals surface area contributed by atoms with Crippen molar-refractivity contribution in [3.8, 4) is 11.3 Å². The zero-order valence-corrected chi connectivity index (χ0v) is 11.0. The first kappa shape index (κ1) is 14.0. The average molecular weight is 293 g/mol. The zero-order valence-electron chi connectivity index (χ0n) is 10.2. The molecule has 0 radical (unpaired) electrons. The van der Waals surface area contributed by atoms with Crippen LogP contribution in [0.25, 0.3) is 17.3 Å². The van der Waals surface area contributed by atoms with Crippen LogP contribution in [0.5, 0.6) is 0 Å². The van der Waals surface area contributed by atoms with Crippen LogP contribution in [0, 0.1) is 5.82 Å². The number of carboxylic acid groups (broad SMARTS) is 1. The topological polar surface area (TPSA) is 76.2 Å². The second-order valence-corrected chi connectivity index (χ2v) is 4.40. The van der Waals surface area contributed by atoms with Crippen molar-refractivity contribution in [1.82, 2.24) is 4.98 Å². The Kier molecular flexibility index (Phi) is 3.72. The van der Waals surface area contributed by atoms with Crippen LogP contribution in [0.2, 0.25) is 5.02 Å². The van der Waals surface area contributed by atoms with Crippen LogP contribution in [0.15, 0.2) is 30.8 Å². The predicted molar refractivity (Wildman–Crippen MR) is 76.1 cm³/mol. The molecule has 20 heavy (non-hydrogen) atoms. The van der Waals surface area contributed by atoms with E-state index in [9.17, 15) is 9.18 Å². The third kappa shape index (κ3) is 2.35. The first-order valence-electron chi connectivity index (χ1n) is 5.56. The molecule has 1 heterocycles. The molecule has 0 saturated heterocycles. The zero-order chi connectivity index (χ0) is 14.9. The molecule has 0 amide bonds. The quantitative estimate of drug-likeness (QED) is 0.908. The van der Waals surface area contributed by atoms with Crippen LogP contribution in [0.4, 0.5) is 10.1 Å². The van der Waals surface area contributed by atoms with Gasteiger partial charge in [0.2, 0.25) is 0 Å². The maximum atomic E-state index is 14.2. The van der Waals surface area contributed by atoms with E-state index in [0.29, 0.717) is 10.6 Å². The third-order valence-corrected chi connectivity index (χ3v) is 2.99. The fourth-order valence-electron chi connectivity index (χ4n) is 1.76. The highest BCUT2D eigenvalue weighted by molar-refractivity contribution is 6.30. The molecule has 0 fully saturated rings. The summed E-state index contributed by atoms with van der Waals surface area (Å²) in [5, 5.41) is 9.59. The lowest BCUT2D eigenvalue weighted by Gasteiger charge is -2.11. The summed E-state index contributed by atoms with van der Waals surface area (Å²) in [7, 11) is 0. The van der Waals surface area contributed by atoms with Crippen molar-refractivity contribution < 1.29 is 14.3 Å². The summed E-state index contributed by atoms with van der Waals surface area (Å²) in [6, 6.07) is 6.17. The first-order chi connectivity index (χ1) is 9.45. The van der Waals surface area contributed by atoms with Crippen molar-refractivity contribution in [2.24, 2.45) is 0 Å². The maximum absolute atomic E-state index is 14.2. The van der Waals surface area contributed by atoms with Gasteiger partial charge < -0.3 is 10.8 Å². The van der Waals surface area contributed by atoms with Crippen LogP contribution < -0.4 is 5.73 Å². The number of aromatic nitrogens is 1. The highest BCUT2D eigenvalue weighted by Gasteiger charge is 2.21. The van der Waals surface area contributed by atoms with E-state index < -0.39 is 11.8 Å². The Hall–Kier alpha value is -2.40. The molecule has 0 spiro atoms. The standard InChI is InChI=1S/C14H10ClFN2O2/c1-2-9-11(17)10(16)12(18-13(9)14(19)20)7-3-5-8(15)6-4-7/h2-6H,1H2,(H2,17,18)(H,19,20). The average Bonchev–Trinajstić information content (AvgIpc) is 2.42. The van der Waals surface area contributed by atoms with E-state index in [0.717, 1.165) is 0 Å². The summed E-state index contributed by atoms with van der Waals surface area (Å²) in [4.78, 5) is 15.0. The molecule has 1 aromatic carbocycles. The number of rotatable bonds is 3. The van der Waals surface area contributed by atoms with E-state index in [2.05, 4.69) is 11.6 Å². The van der Waals surface area contributed by atoms with Crippen LogP contribution in [-0.4, -0.2) is 16.1 Å². The Morgan fingerprint density at radius 1 is 1.40 bits per heavy atom. The first-order valence-corrected chi connectivity index (χ1v) is 5.94. The lowest BCUT2D eigenvalue weighted by Crippen LogP contribution is -2.10. The lowest BCUT2D eigenvalue weighted by molar-refractivity contribution is 0.0690. The molecule has 102 valence electrons. The lowest BCUT2D eigenvalue weighted by atomic mass is 10.1. The molecule has 2 rings (SSSR count).